The van der Waals surface area contributed by atoms with Crippen LogP contribution >= 0.6 is 0 Å². The molecule has 2 unspecified atom stereocenters. The number of fused-ring (bicyclic) bond motifs is 1. The molecule has 6 N–H and O–H groups in total. The molecule has 1 saturated heterocycles. The zero-order valence-corrected chi connectivity index (χ0v) is 19.4. The number of carboxylic acids is 1. The van der Waals surface area contributed by atoms with Crippen LogP contribution in [0.2, 0.25) is 0 Å². The van der Waals surface area contributed by atoms with Gasteiger partial charge >= 0.3 is 30.9 Å². The molecular weight excluding hydrogens is 477 g/mol. The lowest BCUT2D eigenvalue weighted by Crippen LogP contribution is -2.62. The molecule has 0 aromatic heterocycles. The number of imide groups is 1. The second-order valence-corrected chi connectivity index (χ2v) is 8.28. The first-order valence-corrected chi connectivity index (χ1v) is 11.2. The van der Waals surface area contributed by atoms with Gasteiger partial charge in [-0.3, -0.25) is 24.1 Å². The number of aromatic carboxylic acids is 1. The molecular formula is C21H26BN5O9. The number of para-hydroxylation sites is 1. The minimum atomic E-state index is -1.60. The fourth-order valence-electron chi connectivity index (χ4n) is 3.95. The standard InChI is InChI=1S/C21H26BN5O9/c1-2-26-8-9-27(19(31)18(26)30)21(34)24-13(6-7-15(23)28)17(29)25-14-10-11-4-3-5-12(20(32)33)16(11)36-22(14)35/h3-5,13-14,35H,2,6-10H2,1H3,(H2,23,28)(H,24,34)(H,25,29)(H,32,33). The first-order valence-electron chi connectivity index (χ1n) is 11.2. The molecule has 36 heavy (non-hydrogen) atoms. The van der Waals surface area contributed by atoms with Gasteiger partial charge < -0.3 is 36.1 Å². The third kappa shape index (κ3) is 5.74. The van der Waals surface area contributed by atoms with Crippen molar-refractivity contribution in [2.75, 3.05) is 19.6 Å². The van der Waals surface area contributed by atoms with Crippen molar-refractivity contribution in [3.8, 4) is 5.75 Å². The van der Waals surface area contributed by atoms with Crippen LogP contribution in [0.5, 0.6) is 5.75 Å². The number of hydrogen-bond acceptors (Lipinski definition) is 8. The first-order chi connectivity index (χ1) is 17.0. The van der Waals surface area contributed by atoms with E-state index in [0.29, 0.717) is 17.0 Å². The van der Waals surface area contributed by atoms with Gasteiger partial charge in [0.05, 0.1) is 11.5 Å². The first kappa shape index (κ1) is 26.5. The van der Waals surface area contributed by atoms with Crippen molar-refractivity contribution >= 4 is 42.7 Å². The molecule has 192 valence electrons. The van der Waals surface area contributed by atoms with Crippen molar-refractivity contribution in [3.05, 3.63) is 29.3 Å². The number of nitrogens with two attached hydrogens (primary N) is 1. The van der Waals surface area contributed by atoms with Gasteiger partial charge in [-0.25, -0.2) is 9.59 Å². The topological polar surface area (TPSA) is 209 Å². The highest BCUT2D eigenvalue weighted by Crippen LogP contribution is 2.30. The van der Waals surface area contributed by atoms with Gasteiger partial charge in [-0.15, -0.1) is 0 Å². The highest BCUT2D eigenvalue weighted by atomic mass is 16.5. The summed E-state index contributed by atoms with van der Waals surface area (Å²) < 4.78 is 5.34. The molecule has 2 aliphatic rings. The zero-order chi connectivity index (χ0) is 26.6. The third-order valence-corrected chi connectivity index (χ3v) is 5.91. The number of rotatable bonds is 8. The number of carbonyl (C=O) groups is 6. The van der Waals surface area contributed by atoms with Crippen molar-refractivity contribution in [1.82, 2.24) is 20.4 Å². The normalized spacial score (nSPS) is 18.2. The molecule has 3 rings (SSSR count). The number of nitrogens with one attached hydrogen (secondary N) is 2. The maximum atomic E-state index is 13.0. The molecule has 0 radical (unpaired) electrons. The number of benzene rings is 1. The smallest absolute Gasteiger partial charge is 0.534 e. The minimum absolute atomic E-state index is 0.0176. The van der Waals surface area contributed by atoms with Crippen LogP contribution in [0.3, 0.4) is 0 Å². The molecule has 0 spiro atoms. The van der Waals surface area contributed by atoms with Crippen molar-refractivity contribution in [1.29, 1.82) is 0 Å². The summed E-state index contributed by atoms with van der Waals surface area (Å²) in [4.78, 5) is 74.8. The molecule has 1 aromatic carbocycles. The summed E-state index contributed by atoms with van der Waals surface area (Å²) in [5.41, 5.74) is 5.46. The Bertz CT molecular complexity index is 1100. The Kier molecular flexibility index (Phi) is 8.14. The Labute approximate surface area is 205 Å². The van der Waals surface area contributed by atoms with Crippen molar-refractivity contribution in [2.24, 2.45) is 5.73 Å². The molecule has 0 saturated carbocycles. The number of carbonyl (C=O) groups excluding carboxylic acids is 5. The Morgan fingerprint density at radius 1 is 1.22 bits per heavy atom. The van der Waals surface area contributed by atoms with E-state index >= 15 is 0 Å². The number of carboxylic acid groups (broad SMARTS) is 1. The van der Waals surface area contributed by atoms with Gasteiger partial charge in [-0.05, 0) is 31.4 Å². The van der Waals surface area contributed by atoms with Gasteiger partial charge in [-0.2, -0.15) is 0 Å². The second-order valence-electron chi connectivity index (χ2n) is 8.28. The van der Waals surface area contributed by atoms with Crippen molar-refractivity contribution in [2.45, 2.75) is 38.2 Å². The number of urea groups is 1. The summed E-state index contributed by atoms with van der Waals surface area (Å²) in [5.74, 6) is -5.71. The van der Waals surface area contributed by atoms with Gasteiger partial charge in [0, 0.05) is 26.1 Å². The van der Waals surface area contributed by atoms with Crippen LogP contribution < -0.4 is 21.0 Å². The van der Waals surface area contributed by atoms with E-state index in [-0.39, 0.29) is 43.7 Å². The summed E-state index contributed by atoms with van der Waals surface area (Å²) >= 11 is 0. The molecule has 2 heterocycles. The maximum absolute atomic E-state index is 13.0. The fraction of sp³-hybridized carbons (Fsp3) is 0.429. The van der Waals surface area contributed by atoms with E-state index in [1.54, 1.807) is 13.0 Å². The highest BCUT2D eigenvalue weighted by Gasteiger charge is 2.40. The molecule has 2 atom stereocenters. The van der Waals surface area contributed by atoms with E-state index in [1.165, 1.54) is 17.0 Å². The van der Waals surface area contributed by atoms with Gasteiger partial charge in [-0.1, -0.05) is 12.1 Å². The fourth-order valence-corrected chi connectivity index (χ4v) is 3.95. The van der Waals surface area contributed by atoms with E-state index in [1.807, 2.05) is 0 Å². The molecule has 0 bridgehead atoms. The Morgan fingerprint density at radius 3 is 2.58 bits per heavy atom. The number of amides is 6. The average Bonchev–Trinajstić information content (AvgIpc) is 2.83. The van der Waals surface area contributed by atoms with Gasteiger partial charge in [0.15, 0.2) is 0 Å². The quantitative estimate of drug-likeness (QED) is 0.193. The largest absolute Gasteiger partial charge is 0.547 e. The number of piperazine rings is 1. The van der Waals surface area contributed by atoms with Crippen LogP contribution in [0.4, 0.5) is 4.79 Å². The molecule has 1 aromatic rings. The van der Waals surface area contributed by atoms with Crippen LogP contribution in [0.25, 0.3) is 0 Å². The lowest BCUT2D eigenvalue weighted by Gasteiger charge is -2.33. The predicted octanol–water partition coefficient (Wildman–Crippen LogP) is -2.14. The van der Waals surface area contributed by atoms with Crippen LogP contribution in [0.1, 0.15) is 35.7 Å². The zero-order valence-electron chi connectivity index (χ0n) is 19.4. The summed E-state index contributed by atoms with van der Waals surface area (Å²) in [5, 5.41) is 24.6. The number of nitrogens with zero attached hydrogens (tertiary/aromatic N) is 2. The SMILES string of the molecule is CCN1CCN(C(=O)NC(CCC(N)=O)C(=O)NC2Cc3cccc(C(=O)O)c3OB2O)C(=O)C1=O. The van der Waals surface area contributed by atoms with E-state index < -0.39 is 54.7 Å². The van der Waals surface area contributed by atoms with E-state index in [2.05, 4.69) is 10.6 Å². The lowest BCUT2D eigenvalue weighted by atomic mass is 9.72. The van der Waals surface area contributed by atoms with Crippen LogP contribution in [0.15, 0.2) is 18.2 Å². The maximum Gasteiger partial charge on any atom is 0.547 e. The molecule has 6 amide bonds. The lowest BCUT2D eigenvalue weighted by molar-refractivity contribution is -0.153. The number of hydrogen-bond donors (Lipinski definition) is 5. The van der Waals surface area contributed by atoms with Gasteiger partial charge in [0.1, 0.15) is 11.8 Å². The van der Waals surface area contributed by atoms with Crippen LogP contribution in [-0.4, -0.2) is 94.3 Å². The van der Waals surface area contributed by atoms with Crippen LogP contribution in [-0.2, 0) is 25.6 Å². The summed E-state index contributed by atoms with van der Waals surface area (Å²) in [6.07, 6.45) is -0.470. The van der Waals surface area contributed by atoms with Gasteiger partial charge in [0.2, 0.25) is 11.8 Å². The predicted molar refractivity (Wildman–Crippen MR) is 122 cm³/mol. The van der Waals surface area contributed by atoms with Crippen molar-refractivity contribution in [3.63, 3.8) is 0 Å². The Balaban J connectivity index is 1.72. The van der Waals surface area contributed by atoms with E-state index in [0.717, 1.165) is 0 Å². The second kappa shape index (κ2) is 11.1. The number of primary amides is 1. The van der Waals surface area contributed by atoms with Gasteiger partial charge in [0.25, 0.3) is 0 Å². The van der Waals surface area contributed by atoms with Crippen molar-refractivity contribution < 1.29 is 43.6 Å². The average molecular weight is 503 g/mol. The van der Waals surface area contributed by atoms with E-state index in [9.17, 15) is 38.9 Å². The highest BCUT2D eigenvalue weighted by molar-refractivity contribution is 6.47. The molecule has 0 aliphatic carbocycles. The molecule has 15 heteroatoms. The minimum Gasteiger partial charge on any atom is -0.534 e. The molecule has 2 aliphatic heterocycles. The van der Waals surface area contributed by atoms with E-state index in [4.69, 9.17) is 10.4 Å². The molecule has 14 nitrogen and oxygen atoms in total. The Hall–Kier alpha value is -4.14. The third-order valence-electron chi connectivity index (χ3n) is 5.91. The summed E-state index contributed by atoms with van der Waals surface area (Å²) in [6.45, 7) is 2.05. The van der Waals surface area contributed by atoms with Crippen LogP contribution in [0, 0.1) is 0 Å². The Morgan fingerprint density at radius 2 is 1.94 bits per heavy atom. The molecule has 1 fully saturated rings. The summed E-state index contributed by atoms with van der Waals surface area (Å²) in [7, 11) is -1.60. The summed E-state index contributed by atoms with van der Waals surface area (Å²) in [6, 6.07) is 2.06. The number of likely N-dealkylation sites (N-methyl/N-ethyl adjacent to an activating group) is 1. The monoisotopic (exact) mass is 503 g/mol.